The van der Waals surface area contributed by atoms with Crippen molar-refractivity contribution < 1.29 is 29.0 Å². The predicted octanol–water partition coefficient (Wildman–Crippen LogP) is 5.29. The number of aromatic carboxylic acids is 1. The molecule has 9 heteroatoms. The first kappa shape index (κ1) is 25.1. The average Bonchev–Trinajstić information content (AvgIpc) is 3.34. The zero-order valence-electron chi connectivity index (χ0n) is 19.7. The van der Waals surface area contributed by atoms with Crippen LogP contribution >= 0.6 is 11.8 Å². The molecule has 0 aliphatic carbocycles. The summed E-state index contributed by atoms with van der Waals surface area (Å²) < 4.78 is 10.7. The second-order valence-electron chi connectivity index (χ2n) is 8.24. The van der Waals surface area contributed by atoms with Crippen molar-refractivity contribution in [3.05, 3.63) is 83.9 Å². The van der Waals surface area contributed by atoms with Gasteiger partial charge in [-0.25, -0.2) is 9.59 Å². The molecule has 4 rings (SSSR count). The van der Waals surface area contributed by atoms with E-state index in [1.807, 2.05) is 24.3 Å². The minimum atomic E-state index is -1.09. The molecule has 3 aromatic rings. The number of nitrogens with zero attached hydrogens (tertiary/aromatic N) is 1. The number of hydrogen-bond acceptors (Lipinski definition) is 6. The van der Waals surface area contributed by atoms with E-state index in [2.05, 4.69) is 5.32 Å². The lowest BCUT2D eigenvalue weighted by Gasteiger charge is -2.14. The Bertz CT molecular complexity index is 1230. The summed E-state index contributed by atoms with van der Waals surface area (Å²) in [5.74, 6) is -0.0665. The number of thioether (sulfide) groups is 1. The lowest BCUT2D eigenvalue weighted by molar-refractivity contribution is -0.115. The van der Waals surface area contributed by atoms with Crippen molar-refractivity contribution in [2.45, 2.75) is 23.0 Å². The molecule has 0 unspecified atom stereocenters. The molecule has 186 valence electrons. The third kappa shape index (κ3) is 6.57. The zero-order valence-corrected chi connectivity index (χ0v) is 20.5. The van der Waals surface area contributed by atoms with Gasteiger partial charge < -0.3 is 24.8 Å². The van der Waals surface area contributed by atoms with Crippen LogP contribution in [-0.4, -0.2) is 53.4 Å². The molecule has 0 aromatic heterocycles. The minimum absolute atomic E-state index is 0.0467. The number of carbonyl (C=O) groups is 3. The van der Waals surface area contributed by atoms with Gasteiger partial charge in [0.05, 0.1) is 24.8 Å². The number of nitrogens with one attached hydrogen (secondary N) is 1. The highest BCUT2D eigenvalue weighted by molar-refractivity contribution is 8.00. The van der Waals surface area contributed by atoms with E-state index in [-0.39, 0.29) is 29.7 Å². The highest BCUT2D eigenvalue weighted by atomic mass is 32.2. The Hall–Kier alpha value is -3.98. The van der Waals surface area contributed by atoms with Crippen LogP contribution in [0, 0.1) is 0 Å². The first-order valence-electron chi connectivity index (χ1n) is 11.4. The number of carboxylic acid groups (broad SMARTS) is 1. The van der Waals surface area contributed by atoms with E-state index < -0.39 is 5.97 Å². The summed E-state index contributed by atoms with van der Waals surface area (Å²) in [6.07, 6.45) is 0.750. The maximum absolute atomic E-state index is 12.4. The SMILES string of the molecule is COC(=O)N1CC[C@H](Sc2ccc(Oc3ccc(CC(=O)Nc4ccccc4C(=O)O)cc3)cc2)C1. The molecule has 1 heterocycles. The molecule has 1 saturated heterocycles. The van der Waals surface area contributed by atoms with Gasteiger partial charge in [0.15, 0.2) is 0 Å². The molecule has 3 aromatic carbocycles. The largest absolute Gasteiger partial charge is 0.478 e. The minimum Gasteiger partial charge on any atom is -0.478 e. The van der Waals surface area contributed by atoms with Crippen LogP contribution in [0.3, 0.4) is 0 Å². The number of para-hydroxylation sites is 1. The van der Waals surface area contributed by atoms with Gasteiger partial charge in [-0.15, -0.1) is 11.8 Å². The second-order valence-corrected chi connectivity index (χ2v) is 9.61. The van der Waals surface area contributed by atoms with Crippen LogP contribution in [0.1, 0.15) is 22.3 Å². The highest BCUT2D eigenvalue weighted by Crippen LogP contribution is 2.32. The number of ether oxygens (including phenoxy) is 2. The van der Waals surface area contributed by atoms with E-state index in [4.69, 9.17) is 9.47 Å². The molecular weight excluding hydrogens is 480 g/mol. The van der Waals surface area contributed by atoms with Crippen molar-refractivity contribution in [2.75, 3.05) is 25.5 Å². The number of benzene rings is 3. The van der Waals surface area contributed by atoms with Crippen LogP contribution in [0.15, 0.2) is 77.7 Å². The number of hydrogen-bond donors (Lipinski definition) is 2. The third-order valence-electron chi connectivity index (χ3n) is 5.66. The van der Waals surface area contributed by atoms with Gasteiger partial charge in [-0.1, -0.05) is 24.3 Å². The molecule has 2 N–H and O–H groups in total. The van der Waals surface area contributed by atoms with Crippen LogP contribution in [0.5, 0.6) is 11.5 Å². The zero-order chi connectivity index (χ0) is 25.5. The van der Waals surface area contributed by atoms with Gasteiger partial charge in [-0.05, 0) is 60.5 Å². The maximum Gasteiger partial charge on any atom is 0.409 e. The van der Waals surface area contributed by atoms with E-state index >= 15 is 0 Å². The first-order chi connectivity index (χ1) is 17.4. The van der Waals surface area contributed by atoms with Crippen molar-refractivity contribution in [3.8, 4) is 11.5 Å². The quantitative estimate of drug-likeness (QED) is 0.428. The molecule has 8 nitrogen and oxygen atoms in total. The Kier molecular flexibility index (Phi) is 8.12. The van der Waals surface area contributed by atoms with Crippen molar-refractivity contribution in [3.63, 3.8) is 0 Å². The summed E-state index contributed by atoms with van der Waals surface area (Å²) >= 11 is 1.73. The summed E-state index contributed by atoms with van der Waals surface area (Å²) in [4.78, 5) is 38.2. The van der Waals surface area contributed by atoms with Crippen molar-refractivity contribution in [2.24, 2.45) is 0 Å². The fourth-order valence-electron chi connectivity index (χ4n) is 3.87. The number of carboxylic acids is 1. The summed E-state index contributed by atoms with van der Waals surface area (Å²) in [7, 11) is 1.40. The van der Waals surface area contributed by atoms with Crippen LogP contribution in [0.2, 0.25) is 0 Å². The number of anilines is 1. The van der Waals surface area contributed by atoms with Gasteiger partial charge in [0.2, 0.25) is 5.91 Å². The van der Waals surface area contributed by atoms with Gasteiger partial charge in [0.25, 0.3) is 0 Å². The Balaban J connectivity index is 1.28. The summed E-state index contributed by atoms with van der Waals surface area (Å²) in [5.41, 5.74) is 1.09. The molecular formula is C27H26N2O6S. The van der Waals surface area contributed by atoms with E-state index in [1.54, 1.807) is 59.1 Å². The monoisotopic (exact) mass is 506 g/mol. The molecule has 1 aliphatic heterocycles. The van der Waals surface area contributed by atoms with E-state index in [0.29, 0.717) is 29.8 Å². The van der Waals surface area contributed by atoms with Crippen LogP contribution in [-0.2, 0) is 16.0 Å². The summed E-state index contributed by atoms with van der Waals surface area (Å²) in [6.45, 7) is 1.38. The fraction of sp³-hybridized carbons (Fsp3) is 0.222. The molecule has 36 heavy (non-hydrogen) atoms. The van der Waals surface area contributed by atoms with Crippen LogP contribution < -0.4 is 10.1 Å². The lowest BCUT2D eigenvalue weighted by atomic mass is 10.1. The number of likely N-dealkylation sites (tertiary alicyclic amines) is 1. The van der Waals surface area contributed by atoms with E-state index in [9.17, 15) is 19.5 Å². The molecule has 0 spiro atoms. The number of carbonyl (C=O) groups excluding carboxylic acids is 2. The Morgan fingerprint density at radius 1 is 1.00 bits per heavy atom. The summed E-state index contributed by atoms with van der Waals surface area (Å²) in [6, 6.07) is 21.3. The predicted molar refractivity (Wildman–Crippen MR) is 137 cm³/mol. The standard InChI is InChI=1S/C27H26N2O6S/c1-34-27(33)29-15-14-22(17-29)36-21-12-10-20(11-13-21)35-19-8-6-18(7-9-19)16-25(30)28-24-5-3-2-4-23(24)26(31)32/h2-13,22H,14-17H2,1H3,(H,28,30)(H,31,32)/t22-/m0/s1. The maximum atomic E-state index is 12.4. The smallest absolute Gasteiger partial charge is 0.409 e. The number of rotatable bonds is 8. The first-order valence-corrected chi connectivity index (χ1v) is 12.3. The summed E-state index contributed by atoms with van der Waals surface area (Å²) in [5, 5.41) is 12.2. The highest BCUT2D eigenvalue weighted by Gasteiger charge is 2.27. The molecule has 1 atom stereocenters. The normalized spacial score (nSPS) is 14.8. The molecule has 1 aliphatic rings. The molecule has 1 fully saturated rings. The van der Waals surface area contributed by atoms with Crippen molar-refractivity contribution in [1.82, 2.24) is 4.90 Å². The van der Waals surface area contributed by atoms with E-state index in [1.165, 1.54) is 13.2 Å². The van der Waals surface area contributed by atoms with Crippen molar-refractivity contribution >= 4 is 35.4 Å². The van der Waals surface area contributed by atoms with Gasteiger partial charge in [0, 0.05) is 23.2 Å². The van der Waals surface area contributed by atoms with E-state index in [0.717, 1.165) is 16.9 Å². The Morgan fingerprint density at radius 3 is 2.33 bits per heavy atom. The fourth-order valence-corrected chi connectivity index (χ4v) is 5.02. The number of methoxy groups -OCH3 is 1. The van der Waals surface area contributed by atoms with Gasteiger partial charge in [-0.3, -0.25) is 4.79 Å². The average molecular weight is 507 g/mol. The topological polar surface area (TPSA) is 105 Å². The van der Waals surface area contributed by atoms with Gasteiger partial charge in [0.1, 0.15) is 11.5 Å². The second kappa shape index (κ2) is 11.6. The number of amides is 2. The third-order valence-corrected chi connectivity index (χ3v) is 6.92. The molecule has 0 saturated carbocycles. The Morgan fingerprint density at radius 2 is 1.67 bits per heavy atom. The molecule has 2 amide bonds. The van der Waals surface area contributed by atoms with Crippen molar-refractivity contribution in [1.29, 1.82) is 0 Å². The van der Waals surface area contributed by atoms with Crippen LogP contribution in [0.4, 0.5) is 10.5 Å². The molecule has 0 bridgehead atoms. The van der Waals surface area contributed by atoms with Gasteiger partial charge in [-0.2, -0.15) is 0 Å². The molecule has 0 radical (unpaired) electrons. The van der Waals surface area contributed by atoms with Crippen LogP contribution in [0.25, 0.3) is 0 Å². The Labute approximate surface area is 213 Å². The lowest BCUT2D eigenvalue weighted by Crippen LogP contribution is -2.28. The van der Waals surface area contributed by atoms with Gasteiger partial charge >= 0.3 is 12.1 Å².